The number of hydrogen-bond acceptors (Lipinski definition) is 5. The SMILES string of the molecule is C[C@@](O)(CC(=O)NNC(=O)c1ccc(COc2ccccc2)o1)C(F)(F)F. The predicted octanol–water partition coefficient (Wildman–Crippen LogP) is 2.32. The Balaban J connectivity index is 1.83. The number of rotatable bonds is 6. The summed E-state index contributed by atoms with van der Waals surface area (Å²) in [6, 6.07) is 11.7. The number of carbonyl (C=O) groups is 2. The second-order valence-corrected chi connectivity index (χ2v) is 5.82. The maximum atomic E-state index is 12.5. The lowest BCUT2D eigenvalue weighted by Crippen LogP contribution is -2.49. The van der Waals surface area contributed by atoms with Gasteiger partial charge in [-0.05, 0) is 31.2 Å². The molecule has 2 amide bonds. The molecule has 0 unspecified atom stereocenters. The maximum Gasteiger partial charge on any atom is 0.417 e. The van der Waals surface area contributed by atoms with Gasteiger partial charge in [-0.2, -0.15) is 13.2 Å². The summed E-state index contributed by atoms with van der Waals surface area (Å²) >= 11 is 0. The molecule has 10 heteroatoms. The summed E-state index contributed by atoms with van der Waals surface area (Å²) in [5.74, 6) is -1.34. The Morgan fingerprint density at radius 2 is 1.78 bits per heavy atom. The first kappa shape index (κ1) is 20.3. The zero-order chi connectivity index (χ0) is 20.1. The zero-order valence-electron chi connectivity index (χ0n) is 14.2. The van der Waals surface area contributed by atoms with Crippen molar-refractivity contribution < 1.29 is 37.0 Å². The van der Waals surface area contributed by atoms with Gasteiger partial charge in [0.05, 0.1) is 6.42 Å². The van der Waals surface area contributed by atoms with Crippen LogP contribution >= 0.6 is 0 Å². The van der Waals surface area contributed by atoms with Gasteiger partial charge in [-0.15, -0.1) is 0 Å². The fraction of sp³-hybridized carbons (Fsp3) is 0.294. The van der Waals surface area contributed by atoms with E-state index >= 15 is 0 Å². The molecule has 0 bridgehead atoms. The Labute approximate surface area is 152 Å². The lowest BCUT2D eigenvalue weighted by atomic mass is 10.0. The number of nitrogens with one attached hydrogen (secondary N) is 2. The first-order valence-corrected chi connectivity index (χ1v) is 7.73. The van der Waals surface area contributed by atoms with Crippen LogP contribution in [0, 0.1) is 0 Å². The lowest BCUT2D eigenvalue weighted by molar-refractivity contribution is -0.253. The molecule has 0 radical (unpaired) electrons. The number of ether oxygens (including phenoxy) is 1. The molecule has 1 heterocycles. The third-order valence-corrected chi connectivity index (χ3v) is 3.44. The summed E-state index contributed by atoms with van der Waals surface area (Å²) in [7, 11) is 0. The molecular weight excluding hydrogens is 369 g/mol. The Morgan fingerprint density at radius 3 is 2.41 bits per heavy atom. The molecule has 2 rings (SSSR count). The molecule has 1 atom stereocenters. The van der Waals surface area contributed by atoms with E-state index in [1.54, 1.807) is 29.7 Å². The van der Waals surface area contributed by atoms with Crippen molar-refractivity contribution in [3.8, 4) is 5.75 Å². The van der Waals surface area contributed by atoms with Gasteiger partial charge in [0.15, 0.2) is 11.4 Å². The molecule has 0 aliphatic carbocycles. The van der Waals surface area contributed by atoms with E-state index in [-0.39, 0.29) is 12.4 Å². The van der Waals surface area contributed by atoms with Crippen LogP contribution in [0.25, 0.3) is 0 Å². The van der Waals surface area contributed by atoms with Crippen molar-refractivity contribution in [1.82, 2.24) is 10.9 Å². The predicted molar refractivity (Wildman–Crippen MR) is 86.4 cm³/mol. The first-order chi connectivity index (χ1) is 12.6. The average molecular weight is 386 g/mol. The number of hydrazine groups is 1. The van der Waals surface area contributed by atoms with Crippen molar-refractivity contribution in [3.05, 3.63) is 54.0 Å². The van der Waals surface area contributed by atoms with Crippen LogP contribution in [0.3, 0.4) is 0 Å². The van der Waals surface area contributed by atoms with E-state index in [2.05, 4.69) is 0 Å². The van der Waals surface area contributed by atoms with Gasteiger partial charge in [-0.1, -0.05) is 18.2 Å². The number of halogens is 3. The number of para-hydroxylation sites is 1. The number of alkyl halides is 3. The highest BCUT2D eigenvalue weighted by atomic mass is 19.4. The fourth-order valence-electron chi connectivity index (χ4n) is 1.89. The number of hydrogen-bond donors (Lipinski definition) is 3. The van der Waals surface area contributed by atoms with Gasteiger partial charge < -0.3 is 14.3 Å². The van der Waals surface area contributed by atoms with Crippen molar-refractivity contribution in [2.45, 2.75) is 31.7 Å². The summed E-state index contributed by atoms with van der Waals surface area (Å²) in [5.41, 5.74) is 0.481. The maximum absolute atomic E-state index is 12.5. The van der Waals surface area contributed by atoms with E-state index in [0.717, 1.165) is 0 Å². The highest BCUT2D eigenvalue weighted by Gasteiger charge is 2.51. The molecule has 0 aliphatic rings. The minimum atomic E-state index is -4.98. The van der Waals surface area contributed by atoms with Gasteiger partial charge in [0.2, 0.25) is 5.91 Å². The molecule has 0 spiro atoms. The van der Waals surface area contributed by atoms with E-state index < -0.39 is 30.0 Å². The average Bonchev–Trinajstić information content (AvgIpc) is 3.06. The van der Waals surface area contributed by atoms with Crippen molar-refractivity contribution in [2.24, 2.45) is 0 Å². The van der Waals surface area contributed by atoms with Crippen LogP contribution < -0.4 is 15.6 Å². The van der Waals surface area contributed by atoms with Crippen LogP contribution in [0.4, 0.5) is 13.2 Å². The largest absolute Gasteiger partial charge is 0.486 e. The lowest BCUT2D eigenvalue weighted by Gasteiger charge is -2.25. The van der Waals surface area contributed by atoms with Crippen LogP contribution in [0.5, 0.6) is 5.75 Å². The summed E-state index contributed by atoms with van der Waals surface area (Å²) < 4.78 is 48.2. The quantitative estimate of drug-likeness (QED) is 0.662. The third kappa shape index (κ3) is 5.74. The number of amides is 2. The van der Waals surface area contributed by atoms with Crippen molar-refractivity contribution in [2.75, 3.05) is 0 Å². The minimum absolute atomic E-state index is 0.0537. The minimum Gasteiger partial charge on any atom is -0.486 e. The molecule has 7 nitrogen and oxygen atoms in total. The molecule has 146 valence electrons. The smallest absolute Gasteiger partial charge is 0.417 e. The van der Waals surface area contributed by atoms with E-state index in [9.17, 15) is 27.9 Å². The second kappa shape index (κ2) is 8.12. The number of aliphatic hydroxyl groups is 1. The van der Waals surface area contributed by atoms with E-state index in [4.69, 9.17) is 9.15 Å². The van der Waals surface area contributed by atoms with E-state index in [0.29, 0.717) is 18.4 Å². The van der Waals surface area contributed by atoms with Gasteiger partial charge in [0, 0.05) is 0 Å². The second-order valence-electron chi connectivity index (χ2n) is 5.82. The highest BCUT2D eigenvalue weighted by Crippen LogP contribution is 2.32. The summed E-state index contributed by atoms with van der Waals surface area (Å²) in [5, 5.41) is 9.23. The molecule has 0 fully saturated rings. The van der Waals surface area contributed by atoms with Gasteiger partial charge >= 0.3 is 12.1 Å². The molecule has 0 saturated heterocycles. The molecule has 1 aromatic heterocycles. The molecule has 2 aromatic rings. The normalized spacial score (nSPS) is 13.5. The topological polar surface area (TPSA) is 101 Å². The Kier molecular flexibility index (Phi) is 6.11. The highest BCUT2D eigenvalue weighted by molar-refractivity contribution is 5.93. The summed E-state index contributed by atoms with van der Waals surface area (Å²) in [6.07, 6.45) is -6.26. The van der Waals surface area contributed by atoms with Crippen LogP contribution in [0.15, 0.2) is 46.9 Å². The van der Waals surface area contributed by atoms with Gasteiger partial charge in [-0.25, -0.2) is 0 Å². The molecule has 1 aromatic carbocycles. The molecule has 3 N–H and O–H groups in total. The first-order valence-electron chi connectivity index (χ1n) is 7.73. The van der Waals surface area contributed by atoms with Crippen LogP contribution in [-0.4, -0.2) is 28.7 Å². The molecule has 0 aliphatic heterocycles. The number of furan rings is 1. The van der Waals surface area contributed by atoms with Gasteiger partial charge in [-0.3, -0.25) is 20.4 Å². The third-order valence-electron chi connectivity index (χ3n) is 3.44. The van der Waals surface area contributed by atoms with Crippen LogP contribution in [-0.2, 0) is 11.4 Å². The van der Waals surface area contributed by atoms with Crippen molar-refractivity contribution >= 4 is 11.8 Å². The van der Waals surface area contributed by atoms with Crippen LogP contribution in [0.1, 0.15) is 29.7 Å². The van der Waals surface area contributed by atoms with E-state index in [1.165, 1.54) is 12.1 Å². The fourth-order valence-corrected chi connectivity index (χ4v) is 1.89. The molecular formula is C17H17F3N2O5. The molecule has 0 saturated carbocycles. The Morgan fingerprint density at radius 1 is 1.11 bits per heavy atom. The van der Waals surface area contributed by atoms with Crippen molar-refractivity contribution in [3.63, 3.8) is 0 Å². The monoisotopic (exact) mass is 386 g/mol. The van der Waals surface area contributed by atoms with Crippen LogP contribution in [0.2, 0.25) is 0 Å². The number of carbonyl (C=O) groups excluding carboxylic acids is 2. The van der Waals surface area contributed by atoms with Gasteiger partial charge in [0.1, 0.15) is 18.1 Å². The van der Waals surface area contributed by atoms with E-state index in [1.807, 2.05) is 11.5 Å². The standard InChI is InChI=1S/C17H17F3N2O5/c1-16(25,17(18,19)20)9-14(23)21-22-15(24)13-8-7-12(27-13)10-26-11-5-3-2-4-6-11/h2-8,25H,9-10H2,1H3,(H,21,23)(H,22,24)/t16-/m1/s1. The summed E-state index contributed by atoms with van der Waals surface area (Å²) in [6.45, 7) is 0.512. The summed E-state index contributed by atoms with van der Waals surface area (Å²) in [4.78, 5) is 23.3. The zero-order valence-corrected chi connectivity index (χ0v) is 14.2. The Hall–Kier alpha value is -3.01. The molecule has 27 heavy (non-hydrogen) atoms. The van der Waals surface area contributed by atoms with Crippen molar-refractivity contribution in [1.29, 1.82) is 0 Å². The van der Waals surface area contributed by atoms with Gasteiger partial charge in [0.25, 0.3) is 0 Å². The number of benzene rings is 1. The Bertz CT molecular complexity index is 787.